The molecule has 1 heterocycles. The molecule has 16 heavy (non-hydrogen) atoms. The molecule has 0 saturated heterocycles. The van der Waals surface area contributed by atoms with Crippen molar-refractivity contribution in [3.05, 3.63) is 23.7 Å². The topological polar surface area (TPSA) is 30.2 Å². The Bertz CT molecular complexity index is 325. The van der Waals surface area contributed by atoms with Crippen LogP contribution in [-0.2, 0) is 11.2 Å². The molecule has 1 aromatic rings. The Hall–Kier alpha value is -1.05. The van der Waals surface area contributed by atoms with E-state index in [1.54, 1.807) is 0 Å². The Balaban J connectivity index is 2.52. The summed E-state index contributed by atoms with van der Waals surface area (Å²) >= 11 is 0. The fourth-order valence-corrected chi connectivity index (χ4v) is 1.73. The number of carbonyl (C=O) groups excluding carboxylic acids is 1. The molecule has 0 aliphatic rings. The van der Waals surface area contributed by atoms with E-state index >= 15 is 0 Å². The molecule has 0 fully saturated rings. The van der Waals surface area contributed by atoms with Gasteiger partial charge in [-0.1, -0.05) is 27.2 Å². The summed E-state index contributed by atoms with van der Waals surface area (Å²) in [7, 11) is 0. The summed E-state index contributed by atoms with van der Waals surface area (Å²) in [5.74, 6) is 2.52. The molecule has 0 aliphatic heterocycles. The molecule has 1 aromatic heterocycles. The zero-order valence-corrected chi connectivity index (χ0v) is 10.6. The maximum atomic E-state index is 11.3. The number of ketones is 1. The number of hydrogen-bond acceptors (Lipinski definition) is 2. The monoisotopic (exact) mass is 222 g/mol. The number of carbonyl (C=O) groups is 1. The highest BCUT2D eigenvalue weighted by molar-refractivity contribution is 5.78. The Morgan fingerprint density at radius 3 is 2.75 bits per heavy atom. The van der Waals surface area contributed by atoms with Gasteiger partial charge >= 0.3 is 0 Å². The van der Waals surface area contributed by atoms with Crippen LogP contribution in [0.4, 0.5) is 0 Å². The zero-order chi connectivity index (χ0) is 12.0. The van der Waals surface area contributed by atoms with Crippen molar-refractivity contribution in [3.63, 3.8) is 0 Å². The minimum Gasteiger partial charge on any atom is -0.466 e. The van der Waals surface area contributed by atoms with E-state index in [1.807, 2.05) is 19.1 Å². The van der Waals surface area contributed by atoms with E-state index in [0.29, 0.717) is 18.6 Å². The first-order valence-corrected chi connectivity index (χ1v) is 6.27. The molecule has 90 valence electrons. The van der Waals surface area contributed by atoms with Gasteiger partial charge in [0.25, 0.3) is 0 Å². The summed E-state index contributed by atoms with van der Waals surface area (Å²) in [5.41, 5.74) is 0. The van der Waals surface area contributed by atoms with Crippen LogP contribution in [0.25, 0.3) is 0 Å². The van der Waals surface area contributed by atoms with Crippen LogP contribution in [0, 0.1) is 0 Å². The largest absolute Gasteiger partial charge is 0.466 e. The molecule has 0 N–H and O–H groups in total. The molecule has 1 rings (SSSR count). The van der Waals surface area contributed by atoms with E-state index in [9.17, 15) is 4.79 Å². The highest BCUT2D eigenvalue weighted by Gasteiger charge is 2.13. The summed E-state index contributed by atoms with van der Waals surface area (Å²) in [6.07, 6.45) is 4.56. The predicted molar refractivity (Wildman–Crippen MR) is 65.7 cm³/mol. The molecule has 0 radical (unpaired) electrons. The standard InChI is InChI=1S/C14H22O2/c1-4-6-7-13-8-9-14(16-13)11(3)10-12(15)5-2/h8-9,11H,4-7,10H2,1-3H3/t11-/m0/s1. The highest BCUT2D eigenvalue weighted by atomic mass is 16.3. The second-order valence-corrected chi connectivity index (χ2v) is 4.41. The van der Waals surface area contributed by atoms with E-state index in [-0.39, 0.29) is 5.92 Å². The van der Waals surface area contributed by atoms with Crippen LogP contribution in [0.2, 0.25) is 0 Å². The second-order valence-electron chi connectivity index (χ2n) is 4.41. The predicted octanol–water partition coefficient (Wildman–Crippen LogP) is 4.09. The van der Waals surface area contributed by atoms with E-state index < -0.39 is 0 Å². The maximum Gasteiger partial charge on any atom is 0.133 e. The van der Waals surface area contributed by atoms with Crippen LogP contribution in [0.15, 0.2) is 16.5 Å². The van der Waals surface area contributed by atoms with Crippen LogP contribution in [0.5, 0.6) is 0 Å². The van der Waals surface area contributed by atoms with Gasteiger partial charge in [-0.05, 0) is 18.6 Å². The number of Topliss-reactive ketones (excluding diaryl/α,β-unsaturated/α-hetero) is 1. The van der Waals surface area contributed by atoms with Gasteiger partial charge in [-0.3, -0.25) is 4.79 Å². The van der Waals surface area contributed by atoms with Gasteiger partial charge in [0.05, 0.1) is 0 Å². The van der Waals surface area contributed by atoms with Crippen LogP contribution >= 0.6 is 0 Å². The molecule has 0 amide bonds. The summed E-state index contributed by atoms with van der Waals surface area (Å²) in [5, 5.41) is 0. The number of furan rings is 1. The van der Waals surface area contributed by atoms with Gasteiger partial charge in [0.1, 0.15) is 17.3 Å². The molecule has 2 nitrogen and oxygen atoms in total. The lowest BCUT2D eigenvalue weighted by molar-refractivity contribution is -0.119. The summed E-state index contributed by atoms with van der Waals surface area (Å²) in [4.78, 5) is 11.3. The second kappa shape index (κ2) is 6.51. The third kappa shape index (κ3) is 3.84. The van der Waals surface area contributed by atoms with Crippen molar-refractivity contribution in [1.29, 1.82) is 0 Å². The average Bonchev–Trinajstić information content (AvgIpc) is 2.74. The van der Waals surface area contributed by atoms with Gasteiger partial charge in [0.15, 0.2) is 0 Å². The lowest BCUT2D eigenvalue weighted by atomic mass is 10.0. The van der Waals surface area contributed by atoms with E-state index in [4.69, 9.17) is 4.42 Å². The first kappa shape index (κ1) is 13.0. The Kier molecular flexibility index (Phi) is 5.30. The molecule has 0 saturated carbocycles. The average molecular weight is 222 g/mol. The lowest BCUT2D eigenvalue weighted by Crippen LogP contribution is -2.01. The van der Waals surface area contributed by atoms with Gasteiger partial charge in [-0.25, -0.2) is 0 Å². The smallest absolute Gasteiger partial charge is 0.133 e. The van der Waals surface area contributed by atoms with Crippen LogP contribution in [-0.4, -0.2) is 5.78 Å². The SMILES string of the molecule is CCCCc1ccc([C@@H](C)CC(=O)CC)o1. The van der Waals surface area contributed by atoms with Crippen LogP contribution in [0.3, 0.4) is 0 Å². The molecular weight excluding hydrogens is 200 g/mol. The molecule has 0 unspecified atom stereocenters. The first-order valence-electron chi connectivity index (χ1n) is 6.27. The minimum absolute atomic E-state index is 0.211. The Labute approximate surface area is 98.0 Å². The van der Waals surface area contributed by atoms with Crippen LogP contribution < -0.4 is 0 Å². The summed E-state index contributed by atoms with van der Waals surface area (Å²) < 4.78 is 5.74. The normalized spacial score (nSPS) is 12.7. The third-order valence-electron chi connectivity index (χ3n) is 2.87. The Morgan fingerprint density at radius 1 is 1.38 bits per heavy atom. The number of aryl methyl sites for hydroxylation is 1. The summed E-state index contributed by atoms with van der Waals surface area (Å²) in [6.45, 7) is 6.13. The number of rotatable bonds is 7. The van der Waals surface area contributed by atoms with Gasteiger partial charge in [0.2, 0.25) is 0 Å². The maximum absolute atomic E-state index is 11.3. The van der Waals surface area contributed by atoms with E-state index in [2.05, 4.69) is 13.8 Å². The first-order chi connectivity index (χ1) is 7.67. The van der Waals surface area contributed by atoms with Gasteiger partial charge in [0, 0.05) is 25.2 Å². The molecule has 0 bridgehead atoms. The lowest BCUT2D eigenvalue weighted by Gasteiger charge is -2.06. The van der Waals surface area contributed by atoms with E-state index in [1.165, 1.54) is 6.42 Å². The van der Waals surface area contributed by atoms with Crippen molar-refractivity contribution in [1.82, 2.24) is 0 Å². The van der Waals surface area contributed by atoms with Crippen molar-refractivity contribution in [3.8, 4) is 0 Å². The fraction of sp³-hybridized carbons (Fsp3) is 0.643. The van der Waals surface area contributed by atoms with Crippen molar-refractivity contribution < 1.29 is 9.21 Å². The highest BCUT2D eigenvalue weighted by Crippen LogP contribution is 2.23. The van der Waals surface area contributed by atoms with Crippen LogP contribution in [0.1, 0.15) is 63.9 Å². The number of unbranched alkanes of at least 4 members (excludes halogenated alkanes) is 1. The summed E-state index contributed by atoms with van der Waals surface area (Å²) in [6, 6.07) is 4.05. The third-order valence-corrected chi connectivity index (χ3v) is 2.87. The van der Waals surface area contributed by atoms with E-state index in [0.717, 1.165) is 24.4 Å². The quantitative estimate of drug-likeness (QED) is 0.695. The molecule has 0 spiro atoms. The minimum atomic E-state index is 0.211. The van der Waals surface area contributed by atoms with Crippen molar-refractivity contribution in [2.75, 3.05) is 0 Å². The van der Waals surface area contributed by atoms with Crippen molar-refractivity contribution in [2.45, 2.75) is 58.8 Å². The van der Waals surface area contributed by atoms with Crippen molar-refractivity contribution in [2.24, 2.45) is 0 Å². The molecule has 1 atom stereocenters. The number of hydrogen-bond donors (Lipinski definition) is 0. The fourth-order valence-electron chi connectivity index (χ4n) is 1.73. The molecular formula is C14H22O2. The van der Waals surface area contributed by atoms with Crippen molar-refractivity contribution >= 4 is 5.78 Å². The molecule has 0 aromatic carbocycles. The van der Waals surface area contributed by atoms with Gasteiger partial charge in [-0.2, -0.15) is 0 Å². The zero-order valence-electron chi connectivity index (χ0n) is 10.6. The Morgan fingerprint density at radius 2 is 2.12 bits per heavy atom. The molecule has 0 aliphatic carbocycles. The van der Waals surface area contributed by atoms with Gasteiger partial charge in [-0.15, -0.1) is 0 Å². The van der Waals surface area contributed by atoms with Gasteiger partial charge < -0.3 is 4.42 Å². The molecule has 2 heteroatoms.